The molecule has 0 aliphatic heterocycles. The third kappa shape index (κ3) is 4.66. The van der Waals surface area contributed by atoms with Gasteiger partial charge in [-0.05, 0) is 6.42 Å². The van der Waals surface area contributed by atoms with Gasteiger partial charge in [0.15, 0.2) is 0 Å². The number of halogens is 3. The molecule has 1 aromatic rings. The standard InChI is InChI=1S/C9H9F3N2O3/c10-9(11,12)2-1-5-17-7-6(8(15)16)13-3-4-14-7/h3-4H,1-2,5H2,(H,15,16). The molecule has 0 radical (unpaired) electrons. The van der Waals surface area contributed by atoms with Crippen LogP contribution in [-0.2, 0) is 0 Å². The van der Waals surface area contributed by atoms with E-state index >= 15 is 0 Å². The Morgan fingerprint density at radius 1 is 1.35 bits per heavy atom. The summed E-state index contributed by atoms with van der Waals surface area (Å²) in [7, 11) is 0. The SMILES string of the molecule is O=C(O)c1nccnc1OCCCC(F)(F)F. The second-order valence-electron chi connectivity index (χ2n) is 3.08. The van der Waals surface area contributed by atoms with Gasteiger partial charge in [-0.1, -0.05) is 0 Å². The molecule has 0 aliphatic rings. The van der Waals surface area contributed by atoms with Crippen LogP contribution in [0.2, 0.25) is 0 Å². The lowest BCUT2D eigenvalue weighted by molar-refractivity contribution is -0.136. The van der Waals surface area contributed by atoms with Crippen LogP contribution in [0.1, 0.15) is 23.3 Å². The van der Waals surface area contributed by atoms with Gasteiger partial charge in [-0.3, -0.25) is 0 Å². The molecule has 0 amide bonds. The van der Waals surface area contributed by atoms with Crippen molar-refractivity contribution in [1.29, 1.82) is 0 Å². The molecule has 5 nitrogen and oxygen atoms in total. The minimum Gasteiger partial charge on any atom is -0.476 e. The molecule has 0 saturated carbocycles. The van der Waals surface area contributed by atoms with Crippen molar-refractivity contribution in [1.82, 2.24) is 9.97 Å². The molecule has 0 unspecified atom stereocenters. The zero-order valence-corrected chi connectivity index (χ0v) is 8.57. The van der Waals surface area contributed by atoms with Crippen LogP contribution in [0.4, 0.5) is 13.2 Å². The second-order valence-corrected chi connectivity index (χ2v) is 3.08. The van der Waals surface area contributed by atoms with E-state index in [4.69, 9.17) is 9.84 Å². The van der Waals surface area contributed by atoms with E-state index in [1.54, 1.807) is 0 Å². The van der Waals surface area contributed by atoms with E-state index < -0.39 is 24.3 Å². The van der Waals surface area contributed by atoms with E-state index in [1.165, 1.54) is 6.20 Å². The van der Waals surface area contributed by atoms with Gasteiger partial charge < -0.3 is 9.84 Å². The first-order valence-electron chi connectivity index (χ1n) is 4.64. The topological polar surface area (TPSA) is 72.3 Å². The summed E-state index contributed by atoms with van der Waals surface area (Å²) in [6.45, 7) is -0.265. The number of hydrogen-bond donors (Lipinski definition) is 1. The van der Waals surface area contributed by atoms with Gasteiger partial charge >= 0.3 is 12.1 Å². The molecule has 8 heteroatoms. The van der Waals surface area contributed by atoms with Crippen molar-refractivity contribution in [2.75, 3.05) is 6.61 Å². The quantitative estimate of drug-likeness (QED) is 0.808. The number of nitrogens with zero attached hydrogens (tertiary/aromatic N) is 2. The highest BCUT2D eigenvalue weighted by molar-refractivity contribution is 5.87. The van der Waals surface area contributed by atoms with Crippen molar-refractivity contribution in [3.8, 4) is 5.88 Å². The van der Waals surface area contributed by atoms with E-state index in [2.05, 4.69) is 9.97 Å². The van der Waals surface area contributed by atoms with Crippen molar-refractivity contribution in [2.45, 2.75) is 19.0 Å². The van der Waals surface area contributed by atoms with Gasteiger partial charge in [0.25, 0.3) is 0 Å². The number of aromatic nitrogens is 2. The Hall–Kier alpha value is -1.86. The predicted molar refractivity (Wildman–Crippen MR) is 49.8 cm³/mol. The first kappa shape index (κ1) is 13.2. The lowest BCUT2D eigenvalue weighted by Crippen LogP contribution is -2.12. The van der Waals surface area contributed by atoms with Crippen molar-refractivity contribution in [2.24, 2.45) is 0 Å². The van der Waals surface area contributed by atoms with Crippen LogP contribution in [-0.4, -0.2) is 33.8 Å². The van der Waals surface area contributed by atoms with Crippen LogP contribution in [0.15, 0.2) is 12.4 Å². The van der Waals surface area contributed by atoms with Crippen molar-refractivity contribution in [3.63, 3.8) is 0 Å². The highest BCUT2D eigenvalue weighted by atomic mass is 19.4. The van der Waals surface area contributed by atoms with Crippen molar-refractivity contribution in [3.05, 3.63) is 18.1 Å². The van der Waals surface area contributed by atoms with Crippen LogP contribution in [0, 0.1) is 0 Å². The average Bonchev–Trinajstić information content (AvgIpc) is 2.23. The van der Waals surface area contributed by atoms with Gasteiger partial charge in [-0.25, -0.2) is 14.8 Å². The average molecular weight is 250 g/mol. The highest BCUT2D eigenvalue weighted by Gasteiger charge is 2.26. The second kappa shape index (κ2) is 5.46. The maximum absolute atomic E-state index is 11.8. The van der Waals surface area contributed by atoms with Gasteiger partial charge in [-0.2, -0.15) is 13.2 Å². The fourth-order valence-electron chi connectivity index (χ4n) is 1.02. The summed E-state index contributed by atoms with van der Waals surface area (Å²) in [5, 5.41) is 8.69. The summed E-state index contributed by atoms with van der Waals surface area (Å²) in [5.74, 6) is -1.62. The van der Waals surface area contributed by atoms with Crippen LogP contribution in [0.25, 0.3) is 0 Å². The molecule has 1 N–H and O–H groups in total. The number of alkyl halides is 3. The number of carboxylic acids is 1. The van der Waals surface area contributed by atoms with Crippen molar-refractivity contribution < 1.29 is 27.8 Å². The highest BCUT2D eigenvalue weighted by Crippen LogP contribution is 2.21. The molecular formula is C9H9F3N2O3. The molecule has 0 spiro atoms. The number of carboxylic acid groups (broad SMARTS) is 1. The summed E-state index contributed by atoms with van der Waals surface area (Å²) in [6.07, 6.45) is -3.15. The number of carbonyl (C=O) groups is 1. The maximum atomic E-state index is 11.8. The van der Waals surface area contributed by atoms with Gasteiger partial charge in [0.05, 0.1) is 6.61 Å². The molecule has 0 aliphatic carbocycles. The van der Waals surface area contributed by atoms with Gasteiger partial charge in [0, 0.05) is 18.8 Å². The van der Waals surface area contributed by atoms with Crippen LogP contribution < -0.4 is 4.74 Å². The molecule has 0 bridgehead atoms. The minimum atomic E-state index is -4.25. The Morgan fingerprint density at radius 3 is 2.59 bits per heavy atom. The zero-order valence-electron chi connectivity index (χ0n) is 8.57. The molecule has 94 valence electrons. The van der Waals surface area contributed by atoms with E-state index in [1.807, 2.05) is 0 Å². The molecule has 1 aromatic heterocycles. The number of ether oxygens (including phenoxy) is 1. The third-order valence-corrected chi connectivity index (χ3v) is 1.71. The molecule has 0 fully saturated rings. The first-order valence-corrected chi connectivity index (χ1v) is 4.64. The number of rotatable bonds is 5. The van der Waals surface area contributed by atoms with Gasteiger partial charge in [0.1, 0.15) is 0 Å². The summed E-state index contributed by atoms with van der Waals surface area (Å²) < 4.78 is 40.3. The van der Waals surface area contributed by atoms with Gasteiger partial charge in [-0.15, -0.1) is 0 Å². The Labute approximate surface area is 94.3 Å². The zero-order chi connectivity index (χ0) is 12.9. The van der Waals surface area contributed by atoms with Crippen LogP contribution in [0.3, 0.4) is 0 Å². The summed E-state index contributed by atoms with van der Waals surface area (Å²) in [6, 6.07) is 0. The summed E-state index contributed by atoms with van der Waals surface area (Å²) in [5.41, 5.74) is -0.417. The maximum Gasteiger partial charge on any atom is 0.389 e. The first-order chi connectivity index (χ1) is 7.90. The van der Waals surface area contributed by atoms with E-state index in [0.717, 1.165) is 6.20 Å². The fourth-order valence-corrected chi connectivity index (χ4v) is 1.02. The largest absolute Gasteiger partial charge is 0.476 e. The minimum absolute atomic E-state index is 0.265. The lowest BCUT2D eigenvalue weighted by atomic mass is 10.3. The smallest absolute Gasteiger partial charge is 0.389 e. The van der Waals surface area contributed by atoms with Crippen molar-refractivity contribution >= 4 is 5.97 Å². The Kier molecular flexibility index (Phi) is 4.24. The Balaban J connectivity index is 2.49. The van der Waals surface area contributed by atoms with E-state index in [-0.39, 0.29) is 18.9 Å². The van der Waals surface area contributed by atoms with Crippen LogP contribution in [0.5, 0.6) is 5.88 Å². The van der Waals surface area contributed by atoms with Crippen LogP contribution >= 0.6 is 0 Å². The lowest BCUT2D eigenvalue weighted by Gasteiger charge is -2.08. The molecular weight excluding hydrogens is 241 g/mol. The Bertz CT molecular complexity index is 395. The molecule has 0 saturated heterocycles. The van der Waals surface area contributed by atoms with E-state index in [9.17, 15) is 18.0 Å². The molecule has 0 atom stereocenters. The summed E-state index contributed by atoms with van der Waals surface area (Å²) >= 11 is 0. The third-order valence-electron chi connectivity index (χ3n) is 1.71. The molecule has 17 heavy (non-hydrogen) atoms. The normalized spacial score (nSPS) is 11.2. The van der Waals surface area contributed by atoms with Gasteiger partial charge in [0.2, 0.25) is 11.6 Å². The molecule has 1 rings (SSSR count). The molecule has 1 heterocycles. The fraction of sp³-hybridized carbons (Fsp3) is 0.444. The number of hydrogen-bond acceptors (Lipinski definition) is 4. The Morgan fingerprint density at radius 2 is 2.00 bits per heavy atom. The molecule has 0 aromatic carbocycles. The number of aromatic carboxylic acids is 1. The monoisotopic (exact) mass is 250 g/mol. The van der Waals surface area contributed by atoms with E-state index in [0.29, 0.717) is 0 Å². The summed E-state index contributed by atoms with van der Waals surface area (Å²) in [4.78, 5) is 17.7. The predicted octanol–water partition coefficient (Wildman–Crippen LogP) is 1.90.